The number of hydrogen-bond acceptors (Lipinski definition) is 3. The van der Waals surface area contributed by atoms with Gasteiger partial charge in [-0.25, -0.2) is 0 Å². The quantitative estimate of drug-likeness (QED) is 0.498. The Labute approximate surface area is 196 Å². The van der Waals surface area contributed by atoms with Crippen LogP contribution < -0.4 is 0 Å². The second kappa shape index (κ2) is 7.30. The normalized spacial score (nSPS) is 55.1. The number of fused-ring (bicyclic) bond motifs is 3. The minimum absolute atomic E-state index is 0.0280. The maximum Gasteiger partial charge on any atom is 0.139 e. The minimum Gasteiger partial charge on any atom is -0.393 e. The molecule has 3 heteroatoms. The average molecular weight is 445 g/mol. The molecule has 11 atom stereocenters. The van der Waals surface area contributed by atoms with Gasteiger partial charge < -0.3 is 9.84 Å². The lowest BCUT2D eigenvalue weighted by molar-refractivity contribution is -0.179. The molecule has 5 rings (SSSR count). The van der Waals surface area contributed by atoms with Gasteiger partial charge in [-0.15, -0.1) is 0 Å². The van der Waals surface area contributed by atoms with Crippen molar-refractivity contribution < 1.29 is 14.6 Å². The van der Waals surface area contributed by atoms with E-state index in [1.54, 1.807) is 0 Å². The maximum absolute atomic E-state index is 14.0. The van der Waals surface area contributed by atoms with Crippen LogP contribution in [0.3, 0.4) is 0 Å². The van der Waals surface area contributed by atoms with Crippen molar-refractivity contribution in [1.82, 2.24) is 0 Å². The van der Waals surface area contributed by atoms with Crippen LogP contribution in [0.15, 0.2) is 0 Å². The number of carbonyl (C=O) groups is 1. The molecule has 1 heterocycles. The zero-order chi connectivity index (χ0) is 23.3. The van der Waals surface area contributed by atoms with E-state index >= 15 is 0 Å². The Bertz CT molecular complexity index is 776. The first-order valence-electron chi connectivity index (χ1n) is 13.8. The van der Waals surface area contributed by atoms with E-state index in [1.165, 1.54) is 32.1 Å². The molecule has 0 aromatic heterocycles. The van der Waals surface area contributed by atoms with Gasteiger partial charge in [0.2, 0.25) is 0 Å². The van der Waals surface area contributed by atoms with Crippen LogP contribution >= 0.6 is 0 Å². The number of ketones is 1. The molecule has 1 N–H and O–H groups in total. The molecule has 1 aliphatic heterocycles. The fraction of sp³-hybridized carbons (Fsp3) is 0.966. The van der Waals surface area contributed by atoms with Gasteiger partial charge in [0.1, 0.15) is 11.4 Å². The van der Waals surface area contributed by atoms with E-state index in [9.17, 15) is 9.90 Å². The third kappa shape index (κ3) is 2.76. The number of epoxide rings is 1. The predicted octanol–water partition coefficient (Wildman–Crippen LogP) is 6.42. The molecule has 0 aromatic rings. The number of carbonyl (C=O) groups excluding carboxylic acids is 1. The summed E-state index contributed by atoms with van der Waals surface area (Å²) in [5, 5.41) is 10.6. The number of Topliss-reactive ketones (excluding diaryl/α,β-unsaturated/α-hetero) is 1. The number of aliphatic hydroxyl groups is 1. The fourth-order valence-corrected chi connectivity index (χ4v) is 10.2. The highest BCUT2D eigenvalue weighted by molar-refractivity contribution is 5.86. The third-order valence-corrected chi connectivity index (χ3v) is 12.3. The Balaban J connectivity index is 1.46. The molecule has 182 valence electrons. The van der Waals surface area contributed by atoms with Gasteiger partial charge in [0.15, 0.2) is 0 Å². The lowest BCUT2D eigenvalue weighted by Gasteiger charge is -2.63. The van der Waals surface area contributed by atoms with Gasteiger partial charge in [0, 0.05) is 11.8 Å². The van der Waals surface area contributed by atoms with Gasteiger partial charge in [-0.3, -0.25) is 4.79 Å². The summed E-state index contributed by atoms with van der Waals surface area (Å²) in [6.07, 6.45) is 10.0. The van der Waals surface area contributed by atoms with Gasteiger partial charge in [-0.05, 0) is 72.5 Å². The molecule has 0 bridgehead atoms. The second-order valence-electron chi connectivity index (χ2n) is 14.0. The highest BCUT2D eigenvalue weighted by atomic mass is 16.6. The van der Waals surface area contributed by atoms with Crippen molar-refractivity contribution in [2.45, 2.75) is 124 Å². The van der Waals surface area contributed by atoms with Gasteiger partial charge in [-0.2, -0.15) is 0 Å². The van der Waals surface area contributed by atoms with E-state index in [0.717, 1.165) is 31.1 Å². The molecule has 5 aliphatic rings. The van der Waals surface area contributed by atoms with E-state index in [1.807, 2.05) is 0 Å². The van der Waals surface area contributed by atoms with Crippen LogP contribution in [-0.2, 0) is 9.53 Å². The molecule has 3 nitrogen and oxygen atoms in total. The molecular formula is C29H48O3. The number of ether oxygens (including phenoxy) is 1. The summed E-state index contributed by atoms with van der Waals surface area (Å²) in [5.74, 6) is 3.17. The molecular weight excluding hydrogens is 396 g/mol. The summed E-state index contributed by atoms with van der Waals surface area (Å²) in [7, 11) is 0. The number of hydrogen-bond donors (Lipinski definition) is 1. The van der Waals surface area contributed by atoms with Crippen molar-refractivity contribution in [1.29, 1.82) is 0 Å². The van der Waals surface area contributed by atoms with Gasteiger partial charge in [0.25, 0.3) is 0 Å². The topological polar surface area (TPSA) is 49.8 Å². The highest BCUT2D eigenvalue weighted by Crippen LogP contribution is 2.80. The first-order valence-corrected chi connectivity index (χ1v) is 13.8. The van der Waals surface area contributed by atoms with Crippen molar-refractivity contribution in [3.05, 3.63) is 0 Å². The van der Waals surface area contributed by atoms with Crippen molar-refractivity contribution in [2.75, 3.05) is 0 Å². The van der Waals surface area contributed by atoms with E-state index in [2.05, 4.69) is 48.5 Å². The molecule has 1 saturated heterocycles. The van der Waals surface area contributed by atoms with Crippen molar-refractivity contribution in [2.24, 2.45) is 51.8 Å². The Hall–Kier alpha value is -0.410. The summed E-state index contributed by atoms with van der Waals surface area (Å²) in [4.78, 5) is 14.0. The molecule has 5 fully saturated rings. The largest absolute Gasteiger partial charge is 0.393 e. The predicted molar refractivity (Wildman–Crippen MR) is 128 cm³/mol. The second-order valence-corrected chi connectivity index (χ2v) is 14.0. The van der Waals surface area contributed by atoms with Crippen LogP contribution in [0.25, 0.3) is 0 Å². The van der Waals surface area contributed by atoms with Crippen LogP contribution in [0.5, 0.6) is 0 Å². The molecule has 0 amide bonds. The monoisotopic (exact) mass is 444 g/mol. The van der Waals surface area contributed by atoms with Crippen molar-refractivity contribution in [3.8, 4) is 0 Å². The SMILES string of the molecule is CC(C)CCC[C@@H](C)[C@H]1CC[C@@]2(C)[C@@H]3C(=O)C[C@H]4[C@H](C)[C@@H](O)CC[C@]4(C)[C@@]34O[C@H]4C[C@]12C. The minimum atomic E-state index is -0.266. The van der Waals surface area contributed by atoms with E-state index in [4.69, 9.17) is 4.74 Å². The number of aliphatic hydroxyl groups excluding tert-OH is 1. The van der Waals surface area contributed by atoms with E-state index in [0.29, 0.717) is 18.1 Å². The van der Waals surface area contributed by atoms with Gasteiger partial charge in [-0.1, -0.05) is 67.7 Å². The molecule has 1 spiro atoms. The molecule has 32 heavy (non-hydrogen) atoms. The van der Waals surface area contributed by atoms with Gasteiger partial charge >= 0.3 is 0 Å². The summed E-state index contributed by atoms with van der Waals surface area (Å²) >= 11 is 0. The van der Waals surface area contributed by atoms with Crippen LogP contribution in [0, 0.1) is 51.8 Å². The highest BCUT2D eigenvalue weighted by Gasteiger charge is 2.84. The summed E-state index contributed by atoms with van der Waals surface area (Å²) in [6.45, 7) is 16.8. The average Bonchev–Trinajstić information content (AvgIpc) is 3.34. The summed E-state index contributed by atoms with van der Waals surface area (Å²) in [5.41, 5.74) is 0.00516. The maximum atomic E-state index is 14.0. The Morgan fingerprint density at radius 3 is 2.41 bits per heavy atom. The third-order valence-electron chi connectivity index (χ3n) is 12.3. The van der Waals surface area contributed by atoms with Crippen LogP contribution in [0.4, 0.5) is 0 Å². The standard InChI is InChI=1S/C29H48O3/c1-17(2)9-8-10-18(3)20-11-13-27(6)25-23(31)15-21-19(4)22(30)12-14-26(21,5)29(25)24(32-29)16-28(20,27)7/h17-22,24-25,30H,8-16H2,1-7H3/t18-,19+,20-,21+,22+,24+,25+,26+,27+,28-,29+/m1/s1. The Kier molecular flexibility index (Phi) is 5.32. The van der Waals surface area contributed by atoms with E-state index in [-0.39, 0.29) is 51.8 Å². The molecule has 0 unspecified atom stereocenters. The smallest absolute Gasteiger partial charge is 0.139 e. The summed E-state index contributed by atoms with van der Waals surface area (Å²) < 4.78 is 6.80. The molecule has 4 aliphatic carbocycles. The zero-order valence-electron chi connectivity index (χ0n) is 21.7. The first-order chi connectivity index (χ1) is 14.9. The lowest BCUT2D eigenvalue weighted by Crippen LogP contribution is -2.67. The fourth-order valence-electron chi connectivity index (χ4n) is 10.2. The molecule has 4 saturated carbocycles. The van der Waals surface area contributed by atoms with Crippen LogP contribution in [0.1, 0.15) is 106 Å². The summed E-state index contributed by atoms with van der Waals surface area (Å²) in [6, 6.07) is 0. The Morgan fingerprint density at radius 1 is 1.03 bits per heavy atom. The Morgan fingerprint density at radius 2 is 1.72 bits per heavy atom. The molecule has 0 aromatic carbocycles. The first kappa shape index (κ1) is 23.3. The van der Waals surface area contributed by atoms with Gasteiger partial charge in [0.05, 0.1) is 18.1 Å². The number of rotatable bonds is 5. The molecule has 0 radical (unpaired) electrons. The zero-order valence-corrected chi connectivity index (χ0v) is 21.7. The van der Waals surface area contributed by atoms with Crippen LogP contribution in [-0.4, -0.2) is 28.7 Å². The van der Waals surface area contributed by atoms with E-state index < -0.39 is 0 Å². The van der Waals surface area contributed by atoms with Crippen LogP contribution in [0.2, 0.25) is 0 Å². The van der Waals surface area contributed by atoms with Crippen molar-refractivity contribution >= 4 is 5.78 Å². The lowest BCUT2D eigenvalue weighted by atomic mass is 9.39. The van der Waals surface area contributed by atoms with Crippen molar-refractivity contribution in [3.63, 3.8) is 0 Å².